The minimum absolute atomic E-state index is 0.0374. The molecule has 0 aromatic heterocycles. The van der Waals surface area contributed by atoms with Crippen LogP contribution in [0.25, 0.3) is 0 Å². The van der Waals surface area contributed by atoms with Crippen molar-refractivity contribution in [2.75, 3.05) is 10.9 Å². The standard InChI is InChI=1S/C24H23BrClNO4S/c1-4-18-7-12-23(21(25)14-18)31-15-24(28)27(22-13-16(2)5-6-17(22)3)32(29,30)20-10-8-19(26)9-11-20/h5-14H,4,15H2,1-3H3. The number of hydrogen-bond donors (Lipinski definition) is 0. The van der Waals surface area contributed by atoms with Crippen molar-refractivity contribution in [1.29, 1.82) is 0 Å². The summed E-state index contributed by atoms with van der Waals surface area (Å²) in [4.78, 5) is 13.2. The minimum atomic E-state index is -4.20. The maximum atomic E-state index is 13.5. The number of hydrogen-bond acceptors (Lipinski definition) is 4. The van der Waals surface area contributed by atoms with E-state index < -0.39 is 22.5 Å². The topological polar surface area (TPSA) is 63.7 Å². The summed E-state index contributed by atoms with van der Waals surface area (Å²) in [6, 6.07) is 16.6. The number of ether oxygens (including phenoxy) is 1. The first-order chi connectivity index (χ1) is 15.1. The van der Waals surface area contributed by atoms with E-state index in [0.29, 0.717) is 20.8 Å². The average molecular weight is 537 g/mol. The summed E-state index contributed by atoms with van der Waals surface area (Å²) in [5, 5.41) is 0.400. The highest BCUT2D eigenvalue weighted by Crippen LogP contribution is 2.30. The number of carbonyl (C=O) groups excluding carboxylic acids is 1. The first-order valence-corrected chi connectivity index (χ1v) is 12.6. The molecule has 0 heterocycles. The monoisotopic (exact) mass is 535 g/mol. The highest BCUT2D eigenvalue weighted by atomic mass is 79.9. The zero-order valence-electron chi connectivity index (χ0n) is 17.9. The fraction of sp³-hybridized carbons (Fsp3) is 0.208. The number of sulfonamides is 1. The average Bonchev–Trinajstić information content (AvgIpc) is 2.75. The van der Waals surface area contributed by atoms with Crippen molar-refractivity contribution in [3.8, 4) is 5.75 Å². The molecule has 0 saturated heterocycles. The van der Waals surface area contributed by atoms with E-state index in [0.717, 1.165) is 21.9 Å². The van der Waals surface area contributed by atoms with Gasteiger partial charge in [-0.05, 0) is 95.4 Å². The van der Waals surface area contributed by atoms with Crippen LogP contribution < -0.4 is 9.04 Å². The summed E-state index contributed by atoms with van der Waals surface area (Å²) in [5.41, 5.74) is 2.87. The first kappa shape index (κ1) is 24.3. The van der Waals surface area contributed by atoms with Gasteiger partial charge in [0, 0.05) is 5.02 Å². The molecule has 0 spiro atoms. The van der Waals surface area contributed by atoms with Crippen molar-refractivity contribution in [3.05, 3.63) is 86.8 Å². The molecule has 0 aliphatic rings. The van der Waals surface area contributed by atoms with E-state index in [2.05, 4.69) is 15.9 Å². The molecule has 3 aromatic carbocycles. The summed E-state index contributed by atoms with van der Waals surface area (Å²) >= 11 is 9.36. The van der Waals surface area contributed by atoms with Gasteiger partial charge in [0.15, 0.2) is 6.61 Å². The van der Waals surface area contributed by atoms with Crippen LogP contribution >= 0.6 is 27.5 Å². The van der Waals surface area contributed by atoms with Crippen molar-refractivity contribution >= 4 is 49.1 Å². The number of aryl methyl sites for hydroxylation is 3. The van der Waals surface area contributed by atoms with Gasteiger partial charge in [0.1, 0.15) is 5.75 Å². The smallest absolute Gasteiger partial charge is 0.278 e. The predicted octanol–water partition coefficient (Wildman–Crippen LogP) is 6.08. The molecule has 0 N–H and O–H groups in total. The summed E-state index contributed by atoms with van der Waals surface area (Å²) in [5.74, 6) is -0.250. The minimum Gasteiger partial charge on any atom is -0.483 e. The Hall–Kier alpha value is -2.35. The van der Waals surface area contributed by atoms with Crippen LogP contribution in [0.15, 0.2) is 70.0 Å². The van der Waals surface area contributed by atoms with Crippen LogP contribution in [-0.4, -0.2) is 20.9 Å². The van der Waals surface area contributed by atoms with Gasteiger partial charge in [-0.2, -0.15) is 4.31 Å². The van der Waals surface area contributed by atoms with E-state index in [1.165, 1.54) is 24.3 Å². The third kappa shape index (κ3) is 5.34. The molecule has 0 aliphatic heterocycles. The van der Waals surface area contributed by atoms with Gasteiger partial charge in [0.05, 0.1) is 15.1 Å². The van der Waals surface area contributed by atoms with E-state index >= 15 is 0 Å². The van der Waals surface area contributed by atoms with Crippen LogP contribution in [0, 0.1) is 13.8 Å². The number of carbonyl (C=O) groups is 1. The van der Waals surface area contributed by atoms with Crippen LogP contribution in [0.5, 0.6) is 5.75 Å². The molecular formula is C24H23BrClNO4S. The highest BCUT2D eigenvalue weighted by Gasteiger charge is 2.32. The summed E-state index contributed by atoms with van der Waals surface area (Å²) < 4.78 is 34.2. The predicted molar refractivity (Wildman–Crippen MR) is 131 cm³/mol. The van der Waals surface area contributed by atoms with Crippen LogP contribution in [0.2, 0.25) is 5.02 Å². The van der Waals surface area contributed by atoms with E-state index in [1.807, 2.05) is 32.0 Å². The molecule has 0 fully saturated rings. The lowest BCUT2D eigenvalue weighted by molar-refractivity contribution is -0.119. The number of nitrogens with zero attached hydrogens (tertiary/aromatic N) is 1. The fourth-order valence-corrected chi connectivity index (χ4v) is 5.26. The second-order valence-electron chi connectivity index (χ2n) is 7.31. The molecule has 0 unspecified atom stereocenters. The van der Waals surface area contributed by atoms with Crippen LogP contribution in [0.4, 0.5) is 5.69 Å². The Morgan fingerprint density at radius 3 is 2.34 bits per heavy atom. The number of anilines is 1. The van der Waals surface area contributed by atoms with E-state index in [1.54, 1.807) is 25.1 Å². The summed E-state index contributed by atoms with van der Waals surface area (Å²) in [6.07, 6.45) is 0.859. The summed E-state index contributed by atoms with van der Waals surface area (Å²) in [7, 11) is -4.20. The van der Waals surface area contributed by atoms with E-state index in [-0.39, 0.29) is 10.6 Å². The Morgan fingerprint density at radius 2 is 1.72 bits per heavy atom. The Morgan fingerprint density at radius 1 is 1.03 bits per heavy atom. The van der Waals surface area contributed by atoms with Crippen molar-refractivity contribution in [2.24, 2.45) is 0 Å². The van der Waals surface area contributed by atoms with Gasteiger partial charge >= 0.3 is 0 Å². The zero-order valence-corrected chi connectivity index (χ0v) is 21.1. The lowest BCUT2D eigenvalue weighted by atomic mass is 10.1. The van der Waals surface area contributed by atoms with Crippen LogP contribution in [-0.2, 0) is 21.2 Å². The summed E-state index contributed by atoms with van der Waals surface area (Å²) in [6.45, 7) is 5.18. The first-order valence-electron chi connectivity index (χ1n) is 9.95. The van der Waals surface area contributed by atoms with E-state index in [4.69, 9.17) is 16.3 Å². The molecule has 5 nitrogen and oxygen atoms in total. The molecule has 8 heteroatoms. The van der Waals surface area contributed by atoms with Crippen molar-refractivity contribution < 1.29 is 17.9 Å². The Bertz CT molecular complexity index is 1240. The van der Waals surface area contributed by atoms with Gasteiger partial charge in [-0.1, -0.05) is 36.7 Å². The molecule has 0 atom stereocenters. The van der Waals surface area contributed by atoms with Crippen molar-refractivity contribution in [2.45, 2.75) is 32.1 Å². The van der Waals surface area contributed by atoms with Gasteiger partial charge in [-0.25, -0.2) is 8.42 Å². The highest BCUT2D eigenvalue weighted by molar-refractivity contribution is 9.10. The fourth-order valence-electron chi connectivity index (χ4n) is 3.13. The van der Waals surface area contributed by atoms with Gasteiger partial charge in [0.25, 0.3) is 15.9 Å². The Kier molecular flexibility index (Phi) is 7.64. The van der Waals surface area contributed by atoms with Gasteiger partial charge in [-0.15, -0.1) is 0 Å². The molecule has 168 valence electrons. The molecular weight excluding hydrogens is 514 g/mol. The third-order valence-electron chi connectivity index (χ3n) is 4.92. The SMILES string of the molecule is CCc1ccc(OCC(=O)N(c2cc(C)ccc2C)S(=O)(=O)c2ccc(Cl)cc2)c(Br)c1. The number of rotatable bonds is 7. The molecule has 32 heavy (non-hydrogen) atoms. The number of benzene rings is 3. The molecule has 0 radical (unpaired) electrons. The molecule has 3 rings (SSSR count). The largest absolute Gasteiger partial charge is 0.483 e. The van der Waals surface area contributed by atoms with Gasteiger partial charge < -0.3 is 4.74 Å². The second kappa shape index (κ2) is 10.1. The normalized spacial score (nSPS) is 11.3. The molecule has 3 aromatic rings. The van der Waals surface area contributed by atoms with E-state index in [9.17, 15) is 13.2 Å². The zero-order chi connectivity index (χ0) is 23.5. The van der Waals surface area contributed by atoms with Gasteiger partial charge in [0.2, 0.25) is 0 Å². The van der Waals surface area contributed by atoms with Crippen molar-refractivity contribution in [1.82, 2.24) is 0 Å². The maximum Gasteiger partial charge on any atom is 0.278 e. The molecule has 0 bridgehead atoms. The molecule has 0 aliphatic carbocycles. The van der Waals surface area contributed by atoms with Crippen LogP contribution in [0.3, 0.4) is 0 Å². The quantitative estimate of drug-likeness (QED) is 0.367. The molecule has 1 amide bonds. The van der Waals surface area contributed by atoms with Gasteiger partial charge in [-0.3, -0.25) is 4.79 Å². The second-order valence-corrected chi connectivity index (χ2v) is 10.4. The van der Waals surface area contributed by atoms with Crippen LogP contribution in [0.1, 0.15) is 23.6 Å². The lowest BCUT2D eigenvalue weighted by Gasteiger charge is -2.25. The molecule has 0 saturated carbocycles. The number of amides is 1. The Labute approximate surface area is 202 Å². The number of halogens is 2. The Balaban J connectivity index is 1.99. The third-order valence-corrected chi connectivity index (χ3v) is 7.54. The maximum absolute atomic E-state index is 13.5. The lowest BCUT2D eigenvalue weighted by Crippen LogP contribution is -2.40. The van der Waals surface area contributed by atoms with Crippen molar-refractivity contribution in [3.63, 3.8) is 0 Å².